The summed E-state index contributed by atoms with van der Waals surface area (Å²) in [7, 11) is 0. The van der Waals surface area contributed by atoms with Crippen LogP contribution in [0.3, 0.4) is 0 Å². The number of nitrogens with zero attached hydrogens (tertiary/aromatic N) is 2. The van der Waals surface area contributed by atoms with Crippen molar-refractivity contribution < 1.29 is 0 Å². The summed E-state index contributed by atoms with van der Waals surface area (Å²) >= 11 is 0. The topological polar surface area (TPSA) is 34.9 Å². The highest BCUT2D eigenvalue weighted by atomic mass is 16.1. The number of aromatic nitrogens is 2. The second kappa shape index (κ2) is 8.72. The number of hydrogen-bond acceptors (Lipinski definition) is 2. The minimum absolute atomic E-state index is 0.0179. The van der Waals surface area contributed by atoms with Gasteiger partial charge in [-0.05, 0) is 83.0 Å². The van der Waals surface area contributed by atoms with Gasteiger partial charge in [0.05, 0.1) is 16.7 Å². The smallest absolute Gasteiger partial charge is 0.263 e. The lowest BCUT2D eigenvalue weighted by Gasteiger charge is -2.18. The van der Waals surface area contributed by atoms with E-state index < -0.39 is 0 Å². The third kappa shape index (κ3) is 3.59. The second-order valence-corrected chi connectivity index (χ2v) is 9.49. The summed E-state index contributed by atoms with van der Waals surface area (Å²) < 4.78 is 1.88. The predicted octanol–water partition coefficient (Wildman–Crippen LogP) is 8.09. The van der Waals surface area contributed by atoms with Crippen LogP contribution >= 0.6 is 0 Å². The molecule has 0 saturated carbocycles. The Hall–Kier alpha value is -4.76. The lowest BCUT2D eigenvalue weighted by atomic mass is 9.94. The number of allylic oxidation sites excluding steroid dienone is 4. The van der Waals surface area contributed by atoms with Crippen LogP contribution in [0.4, 0.5) is 0 Å². The molecule has 0 atom stereocenters. The lowest BCUT2D eigenvalue weighted by Crippen LogP contribution is -2.19. The van der Waals surface area contributed by atoms with Crippen LogP contribution in [0.5, 0.6) is 0 Å². The molecule has 0 fully saturated rings. The molecular weight excluding hydrogens is 452 g/mol. The number of hydrogen-bond donors (Lipinski definition) is 0. The first-order valence-electron chi connectivity index (χ1n) is 12.7. The van der Waals surface area contributed by atoms with Crippen molar-refractivity contribution in [2.75, 3.05) is 0 Å². The highest BCUT2D eigenvalue weighted by Crippen LogP contribution is 2.34. The summed E-state index contributed by atoms with van der Waals surface area (Å²) in [5.74, 6) is 0. The summed E-state index contributed by atoms with van der Waals surface area (Å²) in [5.41, 5.74) is 7.16. The van der Waals surface area contributed by atoms with Gasteiger partial charge in [-0.1, -0.05) is 72.8 Å². The highest BCUT2D eigenvalue weighted by molar-refractivity contribution is 6.18. The molecule has 0 spiro atoms. The second-order valence-electron chi connectivity index (χ2n) is 9.49. The molecular formula is C34H24N2O. The first-order chi connectivity index (χ1) is 18.3. The van der Waals surface area contributed by atoms with Gasteiger partial charge in [0, 0.05) is 22.4 Å². The van der Waals surface area contributed by atoms with Gasteiger partial charge in [0.15, 0.2) is 0 Å². The Bertz CT molecular complexity index is 1940. The van der Waals surface area contributed by atoms with E-state index in [0.29, 0.717) is 5.39 Å². The van der Waals surface area contributed by atoms with Gasteiger partial charge in [-0.3, -0.25) is 14.3 Å². The van der Waals surface area contributed by atoms with E-state index >= 15 is 0 Å². The molecule has 2 aromatic heterocycles. The van der Waals surface area contributed by atoms with Crippen molar-refractivity contribution in [2.24, 2.45) is 0 Å². The third-order valence-corrected chi connectivity index (χ3v) is 7.25. The van der Waals surface area contributed by atoms with Crippen LogP contribution in [-0.4, -0.2) is 9.55 Å². The molecule has 0 amide bonds. The molecule has 2 heterocycles. The Labute approximate surface area is 214 Å². The van der Waals surface area contributed by atoms with Crippen LogP contribution in [0, 0.1) is 0 Å². The SMILES string of the molecule is O=c1c2ccccc2c2c3cccnc3ccc2n1-c1cc(C2=CCCC=C2)cc(-c2ccccc2)c1. The molecule has 176 valence electrons. The summed E-state index contributed by atoms with van der Waals surface area (Å²) in [6, 6.07) is 32.9. The molecule has 3 heteroatoms. The third-order valence-electron chi connectivity index (χ3n) is 7.25. The normalized spacial score (nSPS) is 13.4. The number of pyridine rings is 2. The van der Waals surface area contributed by atoms with Crippen LogP contribution in [0.15, 0.2) is 126 Å². The van der Waals surface area contributed by atoms with Crippen molar-refractivity contribution in [3.05, 3.63) is 137 Å². The van der Waals surface area contributed by atoms with E-state index in [1.165, 1.54) is 5.57 Å². The molecule has 3 nitrogen and oxygen atoms in total. The fourth-order valence-electron chi connectivity index (χ4n) is 5.52. The van der Waals surface area contributed by atoms with Crippen molar-refractivity contribution in [1.29, 1.82) is 0 Å². The molecule has 0 radical (unpaired) electrons. The Kier molecular flexibility index (Phi) is 5.07. The van der Waals surface area contributed by atoms with Gasteiger partial charge in [0.25, 0.3) is 5.56 Å². The van der Waals surface area contributed by atoms with Gasteiger partial charge in [-0.2, -0.15) is 0 Å². The fraction of sp³-hybridized carbons (Fsp3) is 0.0588. The predicted molar refractivity (Wildman–Crippen MR) is 154 cm³/mol. The van der Waals surface area contributed by atoms with Crippen molar-refractivity contribution >= 4 is 38.2 Å². The monoisotopic (exact) mass is 476 g/mol. The molecule has 0 aliphatic heterocycles. The van der Waals surface area contributed by atoms with Gasteiger partial charge >= 0.3 is 0 Å². The minimum atomic E-state index is -0.0179. The van der Waals surface area contributed by atoms with Gasteiger partial charge in [-0.25, -0.2) is 0 Å². The van der Waals surface area contributed by atoms with E-state index in [4.69, 9.17) is 0 Å². The lowest BCUT2D eigenvalue weighted by molar-refractivity contribution is 1.04. The summed E-state index contributed by atoms with van der Waals surface area (Å²) in [5, 5.41) is 3.75. The van der Waals surface area contributed by atoms with Crippen molar-refractivity contribution in [1.82, 2.24) is 9.55 Å². The Balaban J connectivity index is 1.62. The summed E-state index contributed by atoms with van der Waals surface area (Å²) in [6.45, 7) is 0. The van der Waals surface area contributed by atoms with Gasteiger partial charge in [0.2, 0.25) is 0 Å². The number of fused-ring (bicyclic) bond motifs is 5. The van der Waals surface area contributed by atoms with E-state index in [2.05, 4.69) is 71.7 Å². The standard InChI is InChI=1S/C34H24N2O/c37-34-29-15-8-7-14-28(29)33-30-16-9-19-35-31(30)17-18-32(33)36(34)27-21-25(23-10-3-1-4-11-23)20-26(22-27)24-12-5-2-6-13-24/h1,3-5,7-22H,2,6H2. The van der Waals surface area contributed by atoms with Crippen LogP contribution in [-0.2, 0) is 0 Å². The van der Waals surface area contributed by atoms with Crippen LogP contribution < -0.4 is 5.56 Å². The number of rotatable bonds is 3. The van der Waals surface area contributed by atoms with E-state index in [0.717, 1.165) is 62.4 Å². The van der Waals surface area contributed by atoms with Gasteiger partial charge in [0.1, 0.15) is 0 Å². The Morgan fingerprint density at radius 1 is 0.676 bits per heavy atom. The van der Waals surface area contributed by atoms with E-state index in [1.807, 2.05) is 59.3 Å². The molecule has 0 bridgehead atoms. The average Bonchev–Trinajstić information content (AvgIpc) is 2.98. The van der Waals surface area contributed by atoms with Crippen molar-refractivity contribution in [2.45, 2.75) is 12.8 Å². The Morgan fingerprint density at radius 3 is 2.30 bits per heavy atom. The van der Waals surface area contributed by atoms with E-state index in [-0.39, 0.29) is 5.56 Å². The van der Waals surface area contributed by atoms with Crippen molar-refractivity contribution in [3.8, 4) is 16.8 Å². The molecule has 0 saturated heterocycles. The minimum Gasteiger partial charge on any atom is -0.276 e. The first kappa shape index (κ1) is 21.5. The first-order valence-corrected chi connectivity index (χ1v) is 12.7. The molecule has 0 N–H and O–H groups in total. The maximum atomic E-state index is 14.1. The zero-order valence-electron chi connectivity index (χ0n) is 20.3. The molecule has 4 aromatic carbocycles. The fourth-order valence-corrected chi connectivity index (χ4v) is 5.52. The number of benzene rings is 4. The van der Waals surface area contributed by atoms with Gasteiger partial charge in [-0.15, -0.1) is 0 Å². The molecule has 0 unspecified atom stereocenters. The van der Waals surface area contributed by atoms with E-state index in [9.17, 15) is 4.79 Å². The average molecular weight is 477 g/mol. The van der Waals surface area contributed by atoms with Crippen molar-refractivity contribution in [3.63, 3.8) is 0 Å². The van der Waals surface area contributed by atoms with Crippen LogP contribution in [0.1, 0.15) is 18.4 Å². The Morgan fingerprint density at radius 2 is 1.46 bits per heavy atom. The molecule has 1 aliphatic carbocycles. The quantitative estimate of drug-likeness (QED) is 0.242. The largest absolute Gasteiger partial charge is 0.276 e. The molecule has 1 aliphatic rings. The maximum absolute atomic E-state index is 14.1. The zero-order chi connectivity index (χ0) is 24.8. The van der Waals surface area contributed by atoms with E-state index in [1.54, 1.807) is 0 Å². The molecule has 37 heavy (non-hydrogen) atoms. The summed E-state index contributed by atoms with van der Waals surface area (Å²) in [4.78, 5) is 18.7. The highest BCUT2D eigenvalue weighted by Gasteiger charge is 2.17. The zero-order valence-corrected chi connectivity index (χ0v) is 20.3. The molecule has 6 aromatic rings. The summed E-state index contributed by atoms with van der Waals surface area (Å²) in [6.07, 6.45) is 10.6. The molecule has 7 rings (SSSR count). The van der Waals surface area contributed by atoms with Crippen LogP contribution in [0.25, 0.3) is 55.0 Å². The maximum Gasteiger partial charge on any atom is 0.263 e. The van der Waals surface area contributed by atoms with Gasteiger partial charge < -0.3 is 0 Å². The van der Waals surface area contributed by atoms with Crippen LogP contribution in [0.2, 0.25) is 0 Å².